The van der Waals surface area contributed by atoms with E-state index in [0.29, 0.717) is 12.1 Å². The molecule has 1 aliphatic rings. The fourth-order valence-electron chi connectivity index (χ4n) is 1.32. The lowest BCUT2D eigenvalue weighted by atomic mass is 10.1. The van der Waals surface area contributed by atoms with Crippen LogP contribution in [0.15, 0.2) is 0 Å². The van der Waals surface area contributed by atoms with Gasteiger partial charge in [0.25, 0.3) is 0 Å². The van der Waals surface area contributed by atoms with Crippen LogP contribution in [0, 0.1) is 6.10 Å². The van der Waals surface area contributed by atoms with Gasteiger partial charge >= 0.3 is 0 Å². The first-order valence-electron chi connectivity index (χ1n) is 3.98. The summed E-state index contributed by atoms with van der Waals surface area (Å²) in [4.78, 5) is 2.29. The second kappa shape index (κ2) is 3.35. The molecule has 1 fully saturated rings. The molecule has 0 bridgehead atoms. The van der Waals surface area contributed by atoms with Crippen LogP contribution in [-0.2, 0) is 0 Å². The molecule has 2 nitrogen and oxygen atoms in total. The molecule has 1 aliphatic heterocycles. The maximum Gasteiger partial charge on any atom is 0.107 e. The summed E-state index contributed by atoms with van der Waals surface area (Å²) in [6.07, 6.45) is 2.67. The lowest BCUT2D eigenvalue weighted by molar-refractivity contribution is 0.124. The van der Waals surface area contributed by atoms with Crippen LogP contribution < -0.4 is 0 Å². The van der Waals surface area contributed by atoms with E-state index < -0.39 is 0 Å². The van der Waals surface area contributed by atoms with Crippen LogP contribution in [0.1, 0.15) is 26.7 Å². The highest BCUT2D eigenvalue weighted by Crippen LogP contribution is 2.16. The summed E-state index contributed by atoms with van der Waals surface area (Å²) >= 11 is 0. The molecule has 1 rings (SSSR count). The number of aliphatic hydroxyl groups excluding tert-OH is 1. The first-order valence-corrected chi connectivity index (χ1v) is 3.98. The molecule has 1 heterocycles. The van der Waals surface area contributed by atoms with E-state index in [-0.39, 0.29) is 0 Å². The van der Waals surface area contributed by atoms with Crippen LogP contribution in [0.3, 0.4) is 0 Å². The molecule has 0 spiro atoms. The number of hydrogen-bond acceptors (Lipinski definition) is 2. The largest absolute Gasteiger partial charge is 0.385 e. The Balaban J connectivity index is 2.32. The molecule has 2 heteroatoms. The third kappa shape index (κ3) is 1.96. The van der Waals surface area contributed by atoms with Crippen molar-refractivity contribution in [1.82, 2.24) is 4.90 Å². The maximum absolute atomic E-state index is 9.20. The van der Waals surface area contributed by atoms with E-state index in [9.17, 15) is 5.11 Å². The zero-order valence-electron chi connectivity index (χ0n) is 6.80. The fourth-order valence-corrected chi connectivity index (χ4v) is 1.32. The summed E-state index contributed by atoms with van der Waals surface area (Å²) in [5, 5.41) is 9.20. The maximum atomic E-state index is 9.20. The standard InChI is InChI=1S/C8H16NO/c1-7(2)9-5-3-4-8(10)6-9/h7,10H,3-6H2,1-2H3. The van der Waals surface area contributed by atoms with E-state index in [1.165, 1.54) is 0 Å². The normalized spacial score (nSPS) is 24.0. The van der Waals surface area contributed by atoms with Gasteiger partial charge in [0.2, 0.25) is 0 Å². The Kier molecular flexibility index (Phi) is 2.69. The Hall–Kier alpha value is -0.0800. The van der Waals surface area contributed by atoms with Crippen molar-refractivity contribution < 1.29 is 5.11 Å². The number of hydrogen-bond donors (Lipinski definition) is 1. The molecular weight excluding hydrogens is 126 g/mol. The van der Waals surface area contributed by atoms with E-state index in [4.69, 9.17) is 0 Å². The third-order valence-electron chi connectivity index (χ3n) is 2.03. The molecule has 1 radical (unpaired) electrons. The smallest absolute Gasteiger partial charge is 0.107 e. The molecule has 0 aromatic rings. The number of likely N-dealkylation sites (tertiary alicyclic amines) is 1. The van der Waals surface area contributed by atoms with Gasteiger partial charge < -0.3 is 5.11 Å². The molecule has 0 aromatic carbocycles. The average Bonchev–Trinajstić information content (AvgIpc) is 1.88. The molecular formula is C8H16NO. The van der Waals surface area contributed by atoms with Crippen molar-refractivity contribution in [3.8, 4) is 0 Å². The molecule has 0 amide bonds. The predicted octanol–water partition coefficient (Wildman–Crippen LogP) is 1.40. The van der Waals surface area contributed by atoms with E-state index in [1.807, 2.05) is 0 Å². The molecule has 10 heavy (non-hydrogen) atoms. The Morgan fingerprint density at radius 2 is 2.20 bits per heavy atom. The summed E-state index contributed by atoms with van der Waals surface area (Å²) < 4.78 is 0. The van der Waals surface area contributed by atoms with Crippen molar-refractivity contribution in [2.24, 2.45) is 0 Å². The highest BCUT2D eigenvalue weighted by atomic mass is 16.3. The van der Waals surface area contributed by atoms with Crippen molar-refractivity contribution in [2.45, 2.75) is 32.7 Å². The first kappa shape index (κ1) is 8.02. The fraction of sp³-hybridized carbons (Fsp3) is 0.875. The molecule has 0 atom stereocenters. The third-order valence-corrected chi connectivity index (χ3v) is 2.03. The van der Waals surface area contributed by atoms with Gasteiger partial charge in [-0.25, -0.2) is 0 Å². The Labute approximate surface area is 62.8 Å². The van der Waals surface area contributed by atoms with Crippen molar-refractivity contribution in [1.29, 1.82) is 0 Å². The van der Waals surface area contributed by atoms with E-state index in [2.05, 4.69) is 18.7 Å². The lowest BCUT2D eigenvalue weighted by Gasteiger charge is -2.32. The van der Waals surface area contributed by atoms with Gasteiger partial charge in [0.1, 0.15) is 6.10 Å². The minimum absolute atomic E-state index is 0.572. The number of nitrogens with zero attached hydrogens (tertiary/aromatic N) is 1. The molecule has 59 valence electrons. The van der Waals surface area contributed by atoms with Crippen LogP contribution in [-0.4, -0.2) is 29.1 Å². The number of rotatable bonds is 1. The SMILES string of the molecule is CC(C)N1CCC[C](O)C1. The summed E-state index contributed by atoms with van der Waals surface area (Å²) in [6, 6.07) is 0.572. The predicted molar refractivity (Wildman–Crippen MR) is 41.1 cm³/mol. The van der Waals surface area contributed by atoms with Gasteiger partial charge in [-0.05, 0) is 33.2 Å². The topological polar surface area (TPSA) is 23.5 Å². The molecule has 0 unspecified atom stereocenters. The lowest BCUT2D eigenvalue weighted by Crippen LogP contribution is -2.38. The minimum Gasteiger partial charge on any atom is -0.385 e. The average molecular weight is 142 g/mol. The summed E-state index contributed by atoms with van der Waals surface area (Å²) in [6.45, 7) is 6.26. The van der Waals surface area contributed by atoms with E-state index in [0.717, 1.165) is 25.9 Å². The van der Waals surface area contributed by atoms with E-state index in [1.54, 1.807) is 0 Å². The zero-order valence-corrected chi connectivity index (χ0v) is 6.80. The Bertz CT molecular complexity index is 103. The molecule has 0 saturated carbocycles. The van der Waals surface area contributed by atoms with E-state index >= 15 is 0 Å². The van der Waals surface area contributed by atoms with Crippen molar-refractivity contribution in [2.75, 3.05) is 13.1 Å². The van der Waals surface area contributed by atoms with Gasteiger partial charge in [0, 0.05) is 12.6 Å². The highest BCUT2D eigenvalue weighted by molar-refractivity contribution is 4.86. The van der Waals surface area contributed by atoms with Crippen LogP contribution in [0.2, 0.25) is 0 Å². The Morgan fingerprint density at radius 3 is 2.60 bits per heavy atom. The molecule has 0 aliphatic carbocycles. The first-order chi connectivity index (χ1) is 4.70. The van der Waals surface area contributed by atoms with Crippen molar-refractivity contribution in [3.63, 3.8) is 0 Å². The second-order valence-electron chi connectivity index (χ2n) is 3.23. The second-order valence-corrected chi connectivity index (χ2v) is 3.23. The van der Waals surface area contributed by atoms with Gasteiger partial charge in [-0.1, -0.05) is 0 Å². The van der Waals surface area contributed by atoms with Gasteiger partial charge in [0.15, 0.2) is 0 Å². The quantitative estimate of drug-likeness (QED) is 0.598. The molecule has 1 N–H and O–H groups in total. The zero-order chi connectivity index (χ0) is 7.56. The number of aliphatic hydroxyl groups is 1. The molecule has 0 aromatic heterocycles. The van der Waals surface area contributed by atoms with Crippen LogP contribution in [0.5, 0.6) is 0 Å². The van der Waals surface area contributed by atoms with Gasteiger partial charge in [-0.15, -0.1) is 0 Å². The monoisotopic (exact) mass is 142 g/mol. The summed E-state index contributed by atoms with van der Waals surface area (Å²) in [5.74, 6) is 0. The van der Waals surface area contributed by atoms with Crippen LogP contribution in [0.4, 0.5) is 0 Å². The van der Waals surface area contributed by atoms with Gasteiger partial charge in [0.05, 0.1) is 0 Å². The van der Waals surface area contributed by atoms with Gasteiger partial charge in [-0.2, -0.15) is 0 Å². The van der Waals surface area contributed by atoms with Crippen molar-refractivity contribution in [3.05, 3.63) is 6.10 Å². The Morgan fingerprint density at radius 1 is 1.50 bits per heavy atom. The van der Waals surface area contributed by atoms with Crippen LogP contribution >= 0.6 is 0 Å². The highest BCUT2D eigenvalue weighted by Gasteiger charge is 2.19. The molecule has 1 saturated heterocycles. The minimum atomic E-state index is 0.572. The summed E-state index contributed by atoms with van der Waals surface area (Å²) in [7, 11) is 0. The number of piperidine rings is 1. The van der Waals surface area contributed by atoms with Gasteiger partial charge in [-0.3, -0.25) is 4.90 Å². The summed E-state index contributed by atoms with van der Waals surface area (Å²) in [5.41, 5.74) is 0. The van der Waals surface area contributed by atoms with Crippen molar-refractivity contribution >= 4 is 0 Å². The van der Waals surface area contributed by atoms with Crippen LogP contribution in [0.25, 0.3) is 0 Å².